The van der Waals surface area contributed by atoms with Crippen LogP contribution in [0.1, 0.15) is 0 Å². The van der Waals surface area contributed by atoms with Crippen LogP contribution in [0.25, 0.3) is 0 Å². The molecule has 28 heavy (non-hydrogen) atoms. The SMILES string of the molecule is c1ccc([PH](c2ccccc2)(c2ccccc2)N2CCNCCNCC2)cc1. The second-order valence-electron chi connectivity index (χ2n) is 7.30. The predicted octanol–water partition coefficient (Wildman–Crippen LogP) is 2.12. The summed E-state index contributed by atoms with van der Waals surface area (Å²) < 4.78 is 2.78. The predicted molar refractivity (Wildman–Crippen MR) is 124 cm³/mol. The summed E-state index contributed by atoms with van der Waals surface area (Å²) in [5, 5.41) is 11.6. The average molecular weight is 391 g/mol. The minimum absolute atomic E-state index is 1.02. The summed E-state index contributed by atoms with van der Waals surface area (Å²) in [7, 11) is -2.35. The van der Waals surface area contributed by atoms with E-state index in [2.05, 4.69) is 106 Å². The van der Waals surface area contributed by atoms with Crippen LogP contribution in [0, 0.1) is 0 Å². The van der Waals surface area contributed by atoms with Crippen molar-refractivity contribution in [2.45, 2.75) is 0 Å². The monoisotopic (exact) mass is 391 g/mol. The summed E-state index contributed by atoms with van der Waals surface area (Å²) in [6, 6.07) is 33.5. The van der Waals surface area contributed by atoms with Crippen LogP contribution in [0.2, 0.25) is 0 Å². The molecule has 0 spiro atoms. The van der Waals surface area contributed by atoms with Gasteiger partial charge in [-0.15, -0.1) is 0 Å². The number of hydrogen-bond donors (Lipinski definition) is 2. The van der Waals surface area contributed by atoms with Crippen LogP contribution in [0.15, 0.2) is 91.0 Å². The van der Waals surface area contributed by atoms with E-state index in [1.165, 1.54) is 15.9 Å². The van der Waals surface area contributed by atoms with E-state index in [0.717, 1.165) is 39.3 Å². The van der Waals surface area contributed by atoms with Gasteiger partial charge < -0.3 is 0 Å². The first kappa shape index (κ1) is 19.3. The molecule has 3 aromatic carbocycles. The topological polar surface area (TPSA) is 27.3 Å². The van der Waals surface area contributed by atoms with Crippen molar-refractivity contribution >= 4 is 23.3 Å². The molecule has 1 fully saturated rings. The van der Waals surface area contributed by atoms with Gasteiger partial charge in [-0.3, -0.25) is 0 Å². The Kier molecular flexibility index (Phi) is 6.51. The molecule has 1 aliphatic heterocycles. The molecule has 0 atom stereocenters. The van der Waals surface area contributed by atoms with Crippen molar-refractivity contribution in [3.8, 4) is 0 Å². The molecule has 3 nitrogen and oxygen atoms in total. The Morgan fingerprint density at radius 2 is 0.857 bits per heavy atom. The molecule has 0 saturated carbocycles. The van der Waals surface area contributed by atoms with Gasteiger partial charge in [0.15, 0.2) is 0 Å². The maximum atomic E-state index is 3.60. The minimum atomic E-state index is -2.35. The van der Waals surface area contributed by atoms with Gasteiger partial charge >= 0.3 is 169 Å². The fourth-order valence-electron chi connectivity index (χ4n) is 4.39. The van der Waals surface area contributed by atoms with Crippen LogP contribution in [0.5, 0.6) is 0 Å². The molecule has 1 saturated heterocycles. The molecule has 0 aromatic heterocycles. The zero-order chi connectivity index (χ0) is 19.1. The van der Waals surface area contributed by atoms with Crippen LogP contribution in [-0.4, -0.2) is 43.9 Å². The van der Waals surface area contributed by atoms with E-state index in [1.807, 2.05) is 0 Å². The van der Waals surface area contributed by atoms with E-state index >= 15 is 0 Å². The third-order valence-corrected chi connectivity index (χ3v) is 10.5. The summed E-state index contributed by atoms with van der Waals surface area (Å²) in [5.74, 6) is 0. The molecular weight excluding hydrogens is 361 g/mol. The van der Waals surface area contributed by atoms with Gasteiger partial charge in [0.25, 0.3) is 0 Å². The van der Waals surface area contributed by atoms with E-state index in [9.17, 15) is 0 Å². The second-order valence-corrected chi connectivity index (χ2v) is 11.1. The van der Waals surface area contributed by atoms with Crippen molar-refractivity contribution in [2.75, 3.05) is 39.3 Å². The van der Waals surface area contributed by atoms with Crippen molar-refractivity contribution < 1.29 is 0 Å². The van der Waals surface area contributed by atoms with Crippen molar-refractivity contribution in [3.05, 3.63) is 91.0 Å². The Balaban J connectivity index is 1.94. The first-order valence-corrected chi connectivity index (χ1v) is 12.2. The van der Waals surface area contributed by atoms with Crippen molar-refractivity contribution in [1.82, 2.24) is 15.3 Å². The quantitative estimate of drug-likeness (QED) is 0.668. The summed E-state index contributed by atoms with van der Waals surface area (Å²) >= 11 is 0. The fourth-order valence-corrected chi connectivity index (χ4v) is 9.40. The number of benzene rings is 3. The Hall–Kier alpha value is -2.03. The zero-order valence-corrected chi connectivity index (χ0v) is 17.4. The molecule has 0 unspecified atom stereocenters. The first-order chi connectivity index (χ1) is 13.9. The summed E-state index contributed by atoms with van der Waals surface area (Å²) in [4.78, 5) is 0. The van der Waals surface area contributed by atoms with Gasteiger partial charge in [0.05, 0.1) is 0 Å². The van der Waals surface area contributed by atoms with Gasteiger partial charge in [-0.05, 0) is 0 Å². The zero-order valence-electron chi connectivity index (χ0n) is 16.4. The first-order valence-electron chi connectivity index (χ1n) is 10.3. The molecule has 0 amide bonds. The van der Waals surface area contributed by atoms with Gasteiger partial charge in [0.2, 0.25) is 0 Å². The molecule has 0 aliphatic carbocycles. The van der Waals surface area contributed by atoms with E-state index in [1.54, 1.807) is 0 Å². The fraction of sp³-hybridized carbons (Fsp3) is 0.250. The molecule has 1 heterocycles. The molecule has 1 aliphatic rings. The molecule has 0 radical (unpaired) electrons. The van der Waals surface area contributed by atoms with Crippen molar-refractivity contribution in [3.63, 3.8) is 0 Å². The summed E-state index contributed by atoms with van der Waals surface area (Å²) in [6.07, 6.45) is 0. The van der Waals surface area contributed by atoms with Crippen LogP contribution in [0.4, 0.5) is 0 Å². The summed E-state index contributed by atoms with van der Waals surface area (Å²) in [5.41, 5.74) is 0. The normalized spacial score (nSPS) is 17.3. The van der Waals surface area contributed by atoms with Crippen LogP contribution < -0.4 is 26.5 Å². The number of nitrogens with one attached hydrogen (secondary N) is 2. The number of rotatable bonds is 4. The Labute approximate surface area is 169 Å². The average Bonchev–Trinajstić information content (AvgIpc) is 2.91. The van der Waals surface area contributed by atoms with Crippen molar-refractivity contribution in [2.24, 2.45) is 0 Å². The van der Waals surface area contributed by atoms with Gasteiger partial charge in [-0.1, -0.05) is 0 Å². The van der Waals surface area contributed by atoms with E-state index < -0.39 is 7.41 Å². The van der Waals surface area contributed by atoms with Crippen LogP contribution in [0.3, 0.4) is 0 Å². The molecular formula is C24H30N3P. The van der Waals surface area contributed by atoms with Gasteiger partial charge in [0, 0.05) is 0 Å². The Morgan fingerprint density at radius 3 is 1.21 bits per heavy atom. The molecule has 2 N–H and O–H groups in total. The third-order valence-electron chi connectivity index (χ3n) is 5.64. The molecule has 4 heteroatoms. The van der Waals surface area contributed by atoms with E-state index in [4.69, 9.17) is 0 Å². The van der Waals surface area contributed by atoms with Crippen LogP contribution in [-0.2, 0) is 0 Å². The third kappa shape index (κ3) is 3.90. The second kappa shape index (κ2) is 9.45. The van der Waals surface area contributed by atoms with E-state index in [0.29, 0.717) is 0 Å². The summed E-state index contributed by atoms with van der Waals surface area (Å²) in [6.45, 7) is 6.19. The van der Waals surface area contributed by atoms with Crippen molar-refractivity contribution in [1.29, 1.82) is 0 Å². The maximum absolute atomic E-state index is 3.60. The molecule has 4 rings (SSSR count). The molecule has 3 aromatic rings. The number of nitrogens with zero attached hydrogens (tertiary/aromatic N) is 1. The van der Waals surface area contributed by atoms with Gasteiger partial charge in [-0.25, -0.2) is 0 Å². The Bertz CT molecular complexity index is 733. The van der Waals surface area contributed by atoms with Crippen LogP contribution >= 0.6 is 7.41 Å². The standard InChI is InChI=1S/C24H30N3P/c1-4-10-22(11-5-1)28(23-12-6-2-7-13-23,24-14-8-3-9-15-24)27-20-18-25-16-17-26-19-21-27/h1-15,25-26,28H,16-21H2. The van der Waals surface area contributed by atoms with Gasteiger partial charge in [-0.2, -0.15) is 0 Å². The van der Waals surface area contributed by atoms with Gasteiger partial charge in [0.1, 0.15) is 0 Å². The number of hydrogen-bond acceptors (Lipinski definition) is 3. The Morgan fingerprint density at radius 1 is 0.500 bits per heavy atom. The molecule has 0 bridgehead atoms. The van der Waals surface area contributed by atoms with E-state index in [-0.39, 0.29) is 0 Å². The molecule has 146 valence electrons.